The number of pyridine rings is 1. The molecular formula is C49H29N5. The van der Waals surface area contributed by atoms with Crippen molar-refractivity contribution in [2.45, 2.75) is 0 Å². The first kappa shape index (κ1) is 29.2. The molecule has 0 amide bonds. The monoisotopic (exact) mass is 687 g/mol. The van der Waals surface area contributed by atoms with Crippen LogP contribution in [0.15, 0.2) is 176 Å². The topological polar surface area (TPSA) is 48.0 Å². The quantitative estimate of drug-likeness (QED) is 0.137. The van der Waals surface area contributed by atoms with E-state index < -0.39 is 0 Å². The summed E-state index contributed by atoms with van der Waals surface area (Å²) < 4.78 is 4.91. The molecule has 0 N–H and O–H groups in total. The molecule has 12 aromatic rings. The minimum Gasteiger partial charge on any atom is -0.309 e. The molecule has 0 unspecified atom stereocenters. The molecule has 5 heteroatoms. The lowest BCUT2D eigenvalue weighted by Gasteiger charge is -2.15. The van der Waals surface area contributed by atoms with E-state index in [2.05, 4.69) is 124 Å². The molecule has 8 aromatic carbocycles. The zero-order valence-electron chi connectivity index (χ0n) is 29.0. The van der Waals surface area contributed by atoms with Crippen LogP contribution >= 0.6 is 0 Å². The molecule has 0 atom stereocenters. The van der Waals surface area contributed by atoms with E-state index in [9.17, 15) is 0 Å². The van der Waals surface area contributed by atoms with Gasteiger partial charge in [0.1, 0.15) is 0 Å². The molecule has 4 heterocycles. The van der Waals surface area contributed by atoms with Gasteiger partial charge in [0.05, 0.1) is 27.6 Å². The fourth-order valence-corrected chi connectivity index (χ4v) is 8.80. The largest absolute Gasteiger partial charge is 0.309 e. The fourth-order valence-electron chi connectivity index (χ4n) is 8.80. The van der Waals surface area contributed by atoms with E-state index in [4.69, 9.17) is 15.0 Å². The number of hydrogen-bond donors (Lipinski definition) is 0. The van der Waals surface area contributed by atoms with Crippen molar-refractivity contribution in [2.75, 3.05) is 0 Å². The van der Waals surface area contributed by atoms with Crippen LogP contribution < -0.4 is 0 Å². The summed E-state index contributed by atoms with van der Waals surface area (Å²) in [5.41, 5.74) is 9.86. The average Bonchev–Trinajstić information content (AvgIpc) is 3.77. The predicted octanol–water partition coefficient (Wildman–Crippen LogP) is 12.3. The maximum Gasteiger partial charge on any atom is 0.164 e. The van der Waals surface area contributed by atoms with Crippen LogP contribution in [0.2, 0.25) is 0 Å². The van der Waals surface area contributed by atoms with Gasteiger partial charge in [-0.1, -0.05) is 146 Å². The average molecular weight is 688 g/mol. The Labute approximate surface area is 309 Å². The van der Waals surface area contributed by atoms with Gasteiger partial charge in [0.25, 0.3) is 0 Å². The van der Waals surface area contributed by atoms with Crippen LogP contribution in [0, 0.1) is 0 Å². The Morgan fingerprint density at radius 1 is 0.315 bits per heavy atom. The van der Waals surface area contributed by atoms with E-state index in [1.54, 1.807) is 0 Å². The Morgan fingerprint density at radius 2 is 0.815 bits per heavy atom. The summed E-state index contributed by atoms with van der Waals surface area (Å²) in [4.78, 5) is 15.1. The smallest absolute Gasteiger partial charge is 0.164 e. The molecule has 4 aromatic heterocycles. The predicted molar refractivity (Wildman–Crippen MR) is 223 cm³/mol. The van der Waals surface area contributed by atoms with Gasteiger partial charge in [-0.2, -0.15) is 0 Å². The molecule has 0 aliphatic carbocycles. The highest BCUT2D eigenvalue weighted by molar-refractivity contribution is 6.33. The van der Waals surface area contributed by atoms with Crippen molar-refractivity contribution in [2.24, 2.45) is 0 Å². The highest BCUT2D eigenvalue weighted by Gasteiger charge is 2.22. The molecule has 0 saturated carbocycles. The van der Waals surface area contributed by atoms with E-state index >= 15 is 0 Å². The Hall–Kier alpha value is -7.37. The van der Waals surface area contributed by atoms with Gasteiger partial charge in [0.15, 0.2) is 17.5 Å². The lowest BCUT2D eigenvalue weighted by atomic mass is 9.96. The Morgan fingerprint density at radius 3 is 1.54 bits per heavy atom. The molecule has 5 nitrogen and oxygen atoms in total. The SMILES string of the molecule is c1ccc(-c2nc(-c3ccccc3)nc(-c3cccc(-n4c5ccccc5c5c6cccc7c8cccc9c%10ccccc%10n(c(cc54)c76)c89)c3)n2)cc1. The van der Waals surface area contributed by atoms with Crippen molar-refractivity contribution in [3.63, 3.8) is 0 Å². The third-order valence-electron chi connectivity index (χ3n) is 11.1. The van der Waals surface area contributed by atoms with Crippen LogP contribution in [0.3, 0.4) is 0 Å². The zero-order chi connectivity index (χ0) is 35.3. The Kier molecular flexibility index (Phi) is 5.99. The lowest BCUT2D eigenvalue weighted by molar-refractivity contribution is 1.07. The first-order valence-corrected chi connectivity index (χ1v) is 18.3. The third-order valence-corrected chi connectivity index (χ3v) is 11.1. The van der Waals surface area contributed by atoms with E-state index in [1.807, 2.05) is 60.7 Å². The van der Waals surface area contributed by atoms with Crippen molar-refractivity contribution < 1.29 is 0 Å². The molecule has 250 valence electrons. The maximum atomic E-state index is 5.06. The van der Waals surface area contributed by atoms with Crippen molar-refractivity contribution >= 4 is 70.7 Å². The van der Waals surface area contributed by atoms with Crippen LogP contribution in [0.5, 0.6) is 0 Å². The van der Waals surface area contributed by atoms with Gasteiger partial charge in [0.2, 0.25) is 0 Å². The van der Waals surface area contributed by atoms with E-state index in [0.717, 1.165) is 33.4 Å². The molecule has 0 bridgehead atoms. The molecule has 0 radical (unpaired) electrons. The van der Waals surface area contributed by atoms with Gasteiger partial charge < -0.3 is 8.97 Å². The van der Waals surface area contributed by atoms with Crippen LogP contribution in [0.4, 0.5) is 0 Å². The van der Waals surface area contributed by atoms with Gasteiger partial charge in [0, 0.05) is 54.7 Å². The van der Waals surface area contributed by atoms with Crippen LogP contribution in [0.25, 0.3) is 111 Å². The summed E-state index contributed by atoms with van der Waals surface area (Å²) in [6.45, 7) is 0. The van der Waals surface area contributed by atoms with Crippen LogP contribution in [-0.4, -0.2) is 23.9 Å². The first-order valence-electron chi connectivity index (χ1n) is 18.3. The molecule has 12 rings (SSSR count). The second-order valence-corrected chi connectivity index (χ2v) is 14.0. The Bertz CT molecular complexity index is 3370. The summed E-state index contributed by atoms with van der Waals surface area (Å²) in [7, 11) is 0. The minimum absolute atomic E-state index is 0.633. The zero-order valence-corrected chi connectivity index (χ0v) is 29.0. The number of rotatable bonds is 4. The molecule has 54 heavy (non-hydrogen) atoms. The van der Waals surface area contributed by atoms with Gasteiger partial charge in [-0.25, -0.2) is 15.0 Å². The number of hydrogen-bond acceptors (Lipinski definition) is 3. The summed E-state index contributed by atoms with van der Waals surface area (Å²) in [6.07, 6.45) is 0. The molecule has 0 spiro atoms. The van der Waals surface area contributed by atoms with Crippen molar-refractivity contribution in [1.82, 2.24) is 23.9 Å². The van der Waals surface area contributed by atoms with Crippen LogP contribution in [0.1, 0.15) is 0 Å². The highest BCUT2D eigenvalue weighted by atomic mass is 15.0. The lowest BCUT2D eigenvalue weighted by Crippen LogP contribution is -2.01. The Balaban J connectivity index is 1.17. The standard InChI is InChI=1S/C49H29N5/c1-3-14-30(15-4-1)47-50-48(31-16-5-2-6-17-31)52-49(51-47)32-18-11-19-33(28-32)53-41-27-10-8-21-38(41)45-39-25-12-22-35-37-24-13-23-36-34-20-7-9-26-40(34)54(46(36)37)43(44(35)39)29-42(45)53/h1-29H. The first-order chi connectivity index (χ1) is 26.8. The molecule has 0 fully saturated rings. The molecule has 0 saturated heterocycles. The molecule has 0 aliphatic heterocycles. The maximum absolute atomic E-state index is 5.06. The number of benzene rings is 8. The number of para-hydroxylation sites is 3. The second kappa shape index (κ2) is 11.1. The third kappa shape index (κ3) is 4.06. The number of nitrogens with zero attached hydrogens (tertiary/aromatic N) is 5. The summed E-state index contributed by atoms with van der Waals surface area (Å²) in [5.74, 6) is 1.93. The van der Waals surface area contributed by atoms with Gasteiger partial charge in [-0.05, 0) is 41.1 Å². The van der Waals surface area contributed by atoms with Crippen LogP contribution in [-0.2, 0) is 0 Å². The fraction of sp³-hybridized carbons (Fsp3) is 0. The van der Waals surface area contributed by atoms with E-state index in [0.29, 0.717) is 17.5 Å². The summed E-state index contributed by atoms with van der Waals surface area (Å²) in [5, 5.41) is 10.1. The second-order valence-electron chi connectivity index (χ2n) is 14.0. The number of fused-ring (bicyclic) bond motifs is 9. The summed E-state index contributed by atoms with van der Waals surface area (Å²) >= 11 is 0. The van der Waals surface area contributed by atoms with E-state index in [1.165, 1.54) is 59.6 Å². The highest BCUT2D eigenvalue weighted by Crippen LogP contribution is 2.45. The van der Waals surface area contributed by atoms with Crippen molar-refractivity contribution in [3.8, 4) is 39.9 Å². The summed E-state index contributed by atoms with van der Waals surface area (Å²) in [6, 6.07) is 62.5. The molecule has 0 aliphatic rings. The van der Waals surface area contributed by atoms with Crippen molar-refractivity contribution in [3.05, 3.63) is 176 Å². The van der Waals surface area contributed by atoms with E-state index in [-0.39, 0.29) is 0 Å². The van der Waals surface area contributed by atoms with Gasteiger partial charge >= 0.3 is 0 Å². The molecular weight excluding hydrogens is 659 g/mol. The number of aromatic nitrogens is 5. The van der Waals surface area contributed by atoms with Gasteiger partial charge in [-0.3, -0.25) is 0 Å². The normalized spacial score (nSPS) is 12.1. The van der Waals surface area contributed by atoms with Gasteiger partial charge in [-0.15, -0.1) is 0 Å². The minimum atomic E-state index is 0.633. The van der Waals surface area contributed by atoms with Crippen molar-refractivity contribution in [1.29, 1.82) is 0 Å².